The molecule has 0 aliphatic rings. The van der Waals surface area contributed by atoms with Crippen LogP contribution in [0.15, 0.2) is 40.9 Å². The van der Waals surface area contributed by atoms with E-state index < -0.39 is 23.4 Å². The van der Waals surface area contributed by atoms with Gasteiger partial charge in [-0.2, -0.15) is 0 Å². The number of rotatable bonds is 3. The van der Waals surface area contributed by atoms with Crippen molar-refractivity contribution in [2.24, 2.45) is 0 Å². The molecule has 0 spiro atoms. The second-order valence-electron chi connectivity index (χ2n) is 3.60. The highest BCUT2D eigenvalue weighted by Crippen LogP contribution is 2.31. The smallest absolute Gasteiger partial charge is 0.339 e. The first-order valence-corrected chi connectivity index (χ1v) is 5.93. The van der Waals surface area contributed by atoms with Gasteiger partial charge in [-0.25, -0.2) is 13.6 Å². The number of hydrogen-bond acceptors (Lipinski definition) is 2. The van der Waals surface area contributed by atoms with E-state index in [9.17, 15) is 13.6 Å². The fourth-order valence-electron chi connectivity index (χ4n) is 1.45. The number of para-hydroxylation sites is 1. The SMILES string of the molecule is O=C(O)c1cccc(F)c1Oc1ccc(Br)cc1F. The monoisotopic (exact) mass is 328 g/mol. The van der Waals surface area contributed by atoms with Crippen molar-refractivity contribution in [2.45, 2.75) is 0 Å². The molecule has 2 aromatic carbocycles. The molecule has 0 aliphatic carbocycles. The molecule has 2 rings (SSSR count). The van der Waals surface area contributed by atoms with Gasteiger partial charge >= 0.3 is 5.97 Å². The third kappa shape index (κ3) is 2.90. The maximum absolute atomic E-state index is 13.6. The number of ether oxygens (including phenoxy) is 1. The predicted molar refractivity (Wildman–Crippen MR) is 67.5 cm³/mol. The molecule has 0 unspecified atom stereocenters. The van der Waals surface area contributed by atoms with Gasteiger partial charge in [0.1, 0.15) is 5.56 Å². The highest BCUT2D eigenvalue weighted by atomic mass is 79.9. The van der Waals surface area contributed by atoms with Crippen LogP contribution in [0, 0.1) is 11.6 Å². The zero-order valence-corrected chi connectivity index (χ0v) is 10.9. The quantitative estimate of drug-likeness (QED) is 0.917. The van der Waals surface area contributed by atoms with Crippen molar-refractivity contribution in [1.82, 2.24) is 0 Å². The molecule has 0 aliphatic heterocycles. The Labute approximate surface area is 115 Å². The summed E-state index contributed by atoms with van der Waals surface area (Å²) in [6, 6.07) is 7.37. The van der Waals surface area contributed by atoms with Crippen LogP contribution < -0.4 is 4.74 Å². The van der Waals surface area contributed by atoms with Crippen LogP contribution in [0.3, 0.4) is 0 Å². The Kier molecular flexibility index (Phi) is 3.80. The van der Waals surface area contributed by atoms with Crippen LogP contribution in [0.1, 0.15) is 10.4 Å². The van der Waals surface area contributed by atoms with Gasteiger partial charge in [0.2, 0.25) is 0 Å². The Morgan fingerprint density at radius 2 is 1.89 bits per heavy atom. The molecule has 0 aromatic heterocycles. The molecule has 0 saturated carbocycles. The number of hydrogen-bond donors (Lipinski definition) is 1. The van der Waals surface area contributed by atoms with Crippen molar-refractivity contribution < 1.29 is 23.4 Å². The molecule has 19 heavy (non-hydrogen) atoms. The lowest BCUT2D eigenvalue weighted by atomic mass is 10.2. The predicted octanol–water partition coefficient (Wildman–Crippen LogP) is 4.22. The average Bonchev–Trinajstić information content (AvgIpc) is 2.34. The molecule has 6 heteroatoms. The third-order valence-electron chi connectivity index (χ3n) is 2.30. The molecule has 0 heterocycles. The largest absolute Gasteiger partial charge is 0.478 e. The van der Waals surface area contributed by atoms with E-state index in [4.69, 9.17) is 9.84 Å². The van der Waals surface area contributed by atoms with Gasteiger partial charge in [-0.1, -0.05) is 22.0 Å². The highest BCUT2D eigenvalue weighted by Gasteiger charge is 2.17. The van der Waals surface area contributed by atoms with Gasteiger partial charge in [-0.05, 0) is 30.3 Å². The maximum atomic E-state index is 13.6. The summed E-state index contributed by atoms with van der Waals surface area (Å²) >= 11 is 3.07. The number of benzene rings is 2. The first-order chi connectivity index (χ1) is 8.99. The van der Waals surface area contributed by atoms with Crippen LogP contribution in [0.25, 0.3) is 0 Å². The van der Waals surface area contributed by atoms with E-state index >= 15 is 0 Å². The van der Waals surface area contributed by atoms with E-state index in [-0.39, 0.29) is 11.3 Å². The molecular formula is C13H7BrF2O3. The minimum atomic E-state index is -1.35. The lowest BCUT2D eigenvalue weighted by Crippen LogP contribution is -2.02. The van der Waals surface area contributed by atoms with Crippen LogP contribution >= 0.6 is 15.9 Å². The van der Waals surface area contributed by atoms with Crippen LogP contribution in [-0.2, 0) is 0 Å². The zero-order valence-electron chi connectivity index (χ0n) is 9.36. The van der Waals surface area contributed by atoms with E-state index in [2.05, 4.69) is 15.9 Å². The Balaban J connectivity index is 2.46. The van der Waals surface area contributed by atoms with E-state index in [1.807, 2.05) is 0 Å². The number of halogens is 3. The van der Waals surface area contributed by atoms with Gasteiger partial charge in [0, 0.05) is 4.47 Å². The lowest BCUT2D eigenvalue weighted by Gasteiger charge is -2.10. The highest BCUT2D eigenvalue weighted by molar-refractivity contribution is 9.10. The molecule has 0 fully saturated rings. The summed E-state index contributed by atoms with van der Waals surface area (Å²) in [4.78, 5) is 11.0. The zero-order chi connectivity index (χ0) is 14.0. The van der Waals surface area contributed by atoms with Crippen molar-refractivity contribution >= 4 is 21.9 Å². The summed E-state index contributed by atoms with van der Waals surface area (Å²) in [7, 11) is 0. The van der Waals surface area contributed by atoms with Crippen molar-refractivity contribution in [2.75, 3.05) is 0 Å². The van der Waals surface area contributed by atoms with Gasteiger partial charge in [-0.3, -0.25) is 0 Å². The van der Waals surface area contributed by atoms with Gasteiger partial charge in [0.05, 0.1) is 0 Å². The minimum Gasteiger partial charge on any atom is -0.478 e. The number of carboxylic acids is 1. The molecular weight excluding hydrogens is 322 g/mol. The molecule has 3 nitrogen and oxygen atoms in total. The van der Waals surface area contributed by atoms with Gasteiger partial charge in [0.25, 0.3) is 0 Å². The summed E-state index contributed by atoms with van der Waals surface area (Å²) < 4.78 is 32.7. The van der Waals surface area contributed by atoms with Crippen molar-refractivity contribution in [3.05, 3.63) is 58.1 Å². The molecule has 0 bridgehead atoms. The van der Waals surface area contributed by atoms with Crippen LogP contribution in [0.5, 0.6) is 11.5 Å². The summed E-state index contributed by atoms with van der Waals surface area (Å²) in [5, 5.41) is 8.93. The summed E-state index contributed by atoms with van der Waals surface area (Å²) in [5.41, 5.74) is -0.373. The van der Waals surface area contributed by atoms with Gasteiger partial charge < -0.3 is 9.84 Å². The number of carboxylic acid groups (broad SMARTS) is 1. The molecule has 0 saturated heterocycles. The Morgan fingerprint density at radius 3 is 2.53 bits per heavy atom. The second kappa shape index (κ2) is 5.36. The minimum absolute atomic E-state index is 0.254. The second-order valence-corrected chi connectivity index (χ2v) is 4.51. The molecule has 1 N–H and O–H groups in total. The van der Waals surface area contributed by atoms with Crippen molar-refractivity contribution in [3.8, 4) is 11.5 Å². The molecule has 0 radical (unpaired) electrons. The fraction of sp³-hybridized carbons (Fsp3) is 0. The average molecular weight is 329 g/mol. The lowest BCUT2D eigenvalue weighted by molar-refractivity contribution is 0.0693. The fourth-order valence-corrected chi connectivity index (χ4v) is 1.78. The van der Waals surface area contributed by atoms with Crippen LogP contribution in [0.4, 0.5) is 8.78 Å². The Morgan fingerprint density at radius 1 is 1.16 bits per heavy atom. The van der Waals surface area contributed by atoms with E-state index in [1.54, 1.807) is 0 Å². The number of carbonyl (C=O) groups is 1. The first kappa shape index (κ1) is 13.5. The maximum Gasteiger partial charge on any atom is 0.339 e. The van der Waals surface area contributed by atoms with Crippen molar-refractivity contribution in [1.29, 1.82) is 0 Å². The molecule has 98 valence electrons. The molecule has 0 atom stereocenters. The third-order valence-corrected chi connectivity index (χ3v) is 2.80. The Hall–Kier alpha value is -1.95. The topological polar surface area (TPSA) is 46.5 Å². The standard InChI is InChI=1S/C13H7BrF2O3/c14-7-4-5-11(10(16)6-7)19-12-8(13(17)18)2-1-3-9(12)15/h1-6H,(H,17,18). The van der Waals surface area contributed by atoms with Crippen LogP contribution in [0.2, 0.25) is 0 Å². The van der Waals surface area contributed by atoms with Crippen molar-refractivity contribution in [3.63, 3.8) is 0 Å². The molecule has 2 aromatic rings. The van der Waals surface area contributed by atoms with Crippen LogP contribution in [-0.4, -0.2) is 11.1 Å². The van der Waals surface area contributed by atoms with E-state index in [1.165, 1.54) is 24.3 Å². The van der Waals surface area contributed by atoms with Gasteiger partial charge in [0.15, 0.2) is 23.1 Å². The van der Waals surface area contributed by atoms with E-state index in [0.29, 0.717) is 4.47 Å². The van der Waals surface area contributed by atoms with Gasteiger partial charge in [-0.15, -0.1) is 0 Å². The summed E-state index contributed by atoms with van der Waals surface area (Å²) in [6.07, 6.45) is 0. The van der Waals surface area contributed by atoms with E-state index in [0.717, 1.165) is 12.1 Å². The number of aromatic carboxylic acids is 1. The summed E-state index contributed by atoms with van der Waals surface area (Å²) in [5.74, 6) is -3.73. The first-order valence-electron chi connectivity index (χ1n) is 5.13. The Bertz CT molecular complexity index is 644. The normalized spacial score (nSPS) is 10.3. The molecule has 0 amide bonds. The summed E-state index contributed by atoms with van der Waals surface area (Å²) in [6.45, 7) is 0.